The first-order valence-corrected chi connectivity index (χ1v) is 5.32. The Kier molecular flexibility index (Phi) is 5.01. The summed E-state index contributed by atoms with van der Waals surface area (Å²) in [5, 5.41) is 2.49. The van der Waals surface area contributed by atoms with Gasteiger partial charge in [-0.25, -0.2) is 4.79 Å². The molecule has 0 saturated carbocycles. The number of rotatable bonds is 4. The molecule has 1 atom stereocenters. The highest BCUT2D eigenvalue weighted by Gasteiger charge is 2.33. The summed E-state index contributed by atoms with van der Waals surface area (Å²) in [4.78, 5) is 12.2. The van der Waals surface area contributed by atoms with E-state index in [4.69, 9.17) is 10.5 Å². The van der Waals surface area contributed by atoms with Crippen molar-refractivity contribution >= 4 is 6.03 Å². The van der Waals surface area contributed by atoms with Crippen LogP contribution in [0.5, 0.6) is 0 Å². The number of carbonyl (C=O) groups excluding carboxylic acids is 1. The van der Waals surface area contributed by atoms with Gasteiger partial charge in [0, 0.05) is 19.7 Å². The first kappa shape index (κ1) is 14.0. The number of ether oxygens (including phenoxy) is 1. The Hall–Kier alpha value is -1.02. The number of amides is 2. The number of urea groups is 1. The largest absolute Gasteiger partial charge is 0.406 e. The Labute approximate surface area is 97.1 Å². The fraction of sp³-hybridized carbons (Fsp3) is 0.889. The Morgan fingerprint density at radius 2 is 2.24 bits per heavy atom. The molecule has 1 unspecified atom stereocenters. The lowest BCUT2D eigenvalue weighted by Gasteiger charge is -2.25. The zero-order chi connectivity index (χ0) is 12.9. The van der Waals surface area contributed by atoms with E-state index in [1.54, 1.807) is 0 Å². The van der Waals surface area contributed by atoms with E-state index < -0.39 is 18.8 Å². The van der Waals surface area contributed by atoms with Crippen LogP contribution in [-0.4, -0.2) is 56.0 Å². The van der Waals surface area contributed by atoms with Crippen LogP contribution in [0.25, 0.3) is 0 Å². The number of hydrogen-bond acceptors (Lipinski definition) is 3. The summed E-state index contributed by atoms with van der Waals surface area (Å²) >= 11 is 0. The van der Waals surface area contributed by atoms with E-state index in [9.17, 15) is 18.0 Å². The zero-order valence-electron chi connectivity index (χ0n) is 9.29. The summed E-state index contributed by atoms with van der Waals surface area (Å²) in [5.74, 6) is 0. The van der Waals surface area contributed by atoms with Gasteiger partial charge in [-0.1, -0.05) is 0 Å². The van der Waals surface area contributed by atoms with E-state index in [2.05, 4.69) is 5.32 Å². The Morgan fingerprint density at radius 3 is 2.71 bits per heavy atom. The molecular weight excluding hydrogens is 239 g/mol. The molecule has 1 heterocycles. The topological polar surface area (TPSA) is 67.6 Å². The van der Waals surface area contributed by atoms with Crippen molar-refractivity contribution in [1.82, 2.24) is 10.2 Å². The Balaban J connectivity index is 2.47. The SMILES string of the molecule is NCCN(CC(F)(F)F)C(=O)NC1CCOC1. The zero-order valence-corrected chi connectivity index (χ0v) is 9.29. The van der Waals surface area contributed by atoms with Gasteiger partial charge < -0.3 is 20.7 Å². The minimum Gasteiger partial charge on any atom is -0.379 e. The molecule has 2 amide bonds. The summed E-state index contributed by atoms with van der Waals surface area (Å²) in [6, 6.07) is -0.959. The van der Waals surface area contributed by atoms with Crippen LogP contribution in [-0.2, 0) is 4.74 Å². The van der Waals surface area contributed by atoms with Gasteiger partial charge in [0.1, 0.15) is 6.54 Å². The van der Waals surface area contributed by atoms with Gasteiger partial charge in [-0.2, -0.15) is 13.2 Å². The van der Waals surface area contributed by atoms with Crippen LogP contribution in [0, 0.1) is 0 Å². The van der Waals surface area contributed by atoms with E-state index in [1.165, 1.54) is 0 Å². The second kappa shape index (κ2) is 6.06. The van der Waals surface area contributed by atoms with E-state index in [0.29, 0.717) is 24.5 Å². The second-order valence-corrected chi connectivity index (χ2v) is 3.84. The van der Waals surface area contributed by atoms with Gasteiger partial charge >= 0.3 is 12.2 Å². The maximum absolute atomic E-state index is 12.2. The molecule has 0 aliphatic carbocycles. The van der Waals surface area contributed by atoms with Crippen molar-refractivity contribution in [2.45, 2.75) is 18.6 Å². The van der Waals surface area contributed by atoms with E-state index in [0.717, 1.165) is 0 Å². The third-order valence-corrected chi connectivity index (χ3v) is 2.31. The molecule has 8 heteroatoms. The number of nitrogens with two attached hydrogens (primary N) is 1. The van der Waals surface area contributed by atoms with Crippen LogP contribution in [0.3, 0.4) is 0 Å². The molecule has 0 aromatic heterocycles. The molecule has 100 valence electrons. The van der Waals surface area contributed by atoms with Crippen molar-refractivity contribution < 1.29 is 22.7 Å². The summed E-state index contributed by atoms with van der Waals surface area (Å²) in [6.07, 6.45) is -3.80. The normalized spacial score (nSPS) is 20.4. The predicted molar refractivity (Wildman–Crippen MR) is 54.4 cm³/mol. The standard InChI is InChI=1S/C9H16F3N3O2/c10-9(11,12)6-15(3-2-13)8(16)14-7-1-4-17-5-7/h7H,1-6,13H2,(H,14,16). The van der Waals surface area contributed by atoms with Crippen molar-refractivity contribution in [3.63, 3.8) is 0 Å². The highest BCUT2D eigenvalue weighted by molar-refractivity contribution is 5.74. The Bertz CT molecular complexity index is 254. The molecule has 0 spiro atoms. The maximum Gasteiger partial charge on any atom is 0.406 e. The molecule has 1 aliphatic rings. The first-order valence-electron chi connectivity index (χ1n) is 5.32. The molecule has 0 radical (unpaired) electrons. The average molecular weight is 255 g/mol. The van der Waals surface area contributed by atoms with Gasteiger partial charge in [-0.05, 0) is 6.42 Å². The van der Waals surface area contributed by atoms with Crippen LogP contribution in [0.2, 0.25) is 0 Å². The van der Waals surface area contributed by atoms with Crippen molar-refractivity contribution in [3.05, 3.63) is 0 Å². The fourth-order valence-corrected chi connectivity index (χ4v) is 1.54. The second-order valence-electron chi connectivity index (χ2n) is 3.84. The fourth-order valence-electron chi connectivity index (χ4n) is 1.54. The molecule has 1 saturated heterocycles. The number of nitrogens with one attached hydrogen (secondary N) is 1. The van der Waals surface area contributed by atoms with Crippen molar-refractivity contribution in [2.75, 3.05) is 32.8 Å². The number of nitrogens with zero attached hydrogens (tertiary/aromatic N) is 1. The lowest BCUT2D eigenvalue weighted by Crippen LogP contribution is -2.49. The molecule has 5 nitrogen and oxygen atoms in total. The van der Waals surface area contributed by atoms with Crippen LogP contribution >= 0.6 is 0 Å². The first-order chi connectivity index (χ1) is 7.92. The van der Waals surface area contributed by atoms with Crippen molar-refractivity contribution in [2.24, 2.45) is 5.73 Å². The molecule has 0 bridgehead atoms. The quantitative estimate of drug-likeness (QED) is 0.759. The molecular formula is C9H16F3N3O2. The van der Waals surface area contributed by atoms with Crippen molar-refractivity contribution in [3.8, 4) is 0 Å². The van der Waals surface area contributed by atoms with E-state index in [-0.39, 0.29) is 19.1 Å². The van der Waals surface area contributed by atoms with E-state index in [1.807, 2.05) is 0 Å². The number of carbonyl (C=O) groups is 1. The average Bonchev–Trinajstić information content (AvgIpc) is 2.67. The lowest BCUT2D eigenvalue weighted by molar-refractivity contribution is -0.139. The molecule has 1 rings (SSSR count). The molecule has 0 aromatic carbocycles. The van der Waals surface area contributed by atoms with Gasteiger partial charge in [-0.15, -0.1) is 0 Å². The van der Waals surface area contributed by atoms with Gasteiger partial charge in [0.25, 0.3) is 0 Å². The van der Waals surface area contributed by atoms with E-state index >= 15 is 0 Å². The minimum absolute atomic E-state index is 0.00926. The smallest absolute Gasteiger partial charge is 0.379 e. The Morgan fingerprint density at radius 1 is 1.53 bits per heavy atom. The van der Waals surface area contributed by atoms with Crippen LogP contribution in [0.1, 0.15) is 6.42 Å². The minimum atomic E-state index is -4.42. The summed E-state index contributed by atoms with van der Waals surface area (Å²) in [5.41, 5.74) is 5.18. The van der Waals surface area contributed by atoms with Gasteiger partial charge in [0.15, 0.2) is 0 Å². The highest BCUT2D eigenvalue weighted by Crippen LogP contribution is 2.16. The lowest BCUT2D eigenvalue weighted by atomic mass is 10.3. The molecule has 17 heavy (non-hydrogen) atoms. The number of halogens is 3. The third-order valence-electron chi connectivity index (χ3n) is 2.31. The third kappa shape index (κ3) is 5.22. The monoisotopic (exact) mass is 255 g/mol. The molecule has 1 aliphatic heterocycles. The van der Waals surface area contributed by atoms with Crippen LogP contribution in [0.15, 0.2) is 0 Å². The summed E-state index contributed by atoms with van der Waals surface area (Å²) in [7, 11) is 0. The molecule has 0 aromatic rings. The maximum atomic E-state index is 12.2. The number of alkyl halides is 3. The van der Waals surface area contributed by atoms with Gasteiger partial charge in [-0.3, -0.25) is 0 Å². The number of hydrogen-bond donors (Lipinski definition) is 2. The summed E-state index contributed by atoms with van der Waals surface area (Å²) < 4.78 is 41.7. The van der Waals surface area contributed by atoms with Crippen LogP contribution < -0.4 is 11.1 Å². The highest BCUT2D eigenvalue weighted by atomic mass is 19.4. The van der Waals surface area contributed by atoms with Crippen LogP contribution in [0.4, 0.5) is 18.0 Å². The van der Waals surface area contributed by atoms with Gasteiger partial charge in [0.05, 0.1) is 12.6 Å². The van der Waals surface area contributed by atoms with Gasteiger partial charge in [0.2, 0.25) is 0 Å². The predicted octanol–water partition coefficient (Wildman–Crippen LogP) is 0.308. The summed E-state index contributed by atoms with van der Waals surface area (Å²) in [6.45, 7) is -0.567. The van der Waals surface area contributed by atoms with Crippen molar-refractivity contribution in [1.29, 1.82) is 0 Å². The molecule has 3 N–H and O–H groups in total. The molecule has 1 fully saturated rings.